The van der Waals surface area contributed by atoms with Gasteiger partial charge in [0.2, 0.25) is 0 Å². The van der Waals surface area contributed by atoms with Crippen LogP contribution in [0.2, 0.25) is 0 Å². The number of aromatic nitrogens is 4. The average molecular weight is 176 g/mol. The SMILES string of the molecule is C1=CC2CNN(c3nn[nH]n3)C2=C1. The summed E-state index contributed by atoms with van der Waals surface area (Å²) in [5.74, 6) is 1.02. The lowest BCUT2D eigenvalue weighted by Gasteiger charge is -2.13. The molecule has 1 atom stereocenters. The van der Waals surface area contributed by atoms with Crippen molar-refractivity contribution in [2.45, 2.75) is 0 Å². The van der Waals surface area contributed by atoms with Crippen LogP contribution < -0.4 is 10.4 Å². The Balaban J connectivity index is 1.95. The average Bonchev–Trinajstić information content (AvgIpc) is 2.79. The normalized spacial score (nSPS) is 25.1. The molecule has 1 saturated heterocycles. The Morgan fingerprint density at radius 3 is 3.38 bits per heavy atom. The Morgan fingerprint density at radius 1 is 1.54 bits per heavy atom. The first-order valence-electron chi connectivity index (χ1n) is 4.10. The van der Waals surface area contributed by atoms with Crippen LogP contribution in [0.3, 0.4) is 0 Å². The van der Waals surface area contributed by atoms with E-state index >= 15 is 0 Å². The Labute approximate surface area is 74.3 Å². The molecule has 1 aliphatic carbocycles. The maximum Gasteiger partial charge on any atom is 0.284 e. The van der Waals surface area contributed by atoms with E-state index in [4.69, 9.17) is 0 Å². The second-order valence-electron chi connectivity index (χ2n) is 2.99. The zero-order valence-corrected chi connectivity index (χ0v) is 6.81. The second-order valence-corrected chi connectivity index (χ2v) is 2.99. The first kappa shape index (κ1) is 6.79. The van der Waals surface area contributed by atoms with Crippen molar-refractivity contribution >= 4 is 5.95 Å². The highest BCUT2D eigenvalue weighted by molar-refractivity contribution is 5.46. The van der Waals surface area contributed by atoms with Crippen molar-refractivity contribution in [1.82, 2.24) is 26.0 Å². The minimum absolute atomic E-state index is 0.457. The number of hydrogen-bond acceptors (Lipinski definition) is 5. The Kier molecular flexibility index (Phi) is 1.25. The number of nitrogens with zero attached hydrogens (tertiary/aromatic N) is 4. The fraction of sp³-hybridized carbons (Fsp3) is 0.286. The molecule has 2 heterocycles. The van der Waals surface area contributed by atoms with Gasteiger partial charge in [-0.1, -0.05) is 17.3 Å². The molecule has 13 heavy (non-hydrogen) atoms. The second kappa shape index (κ2) is 2.40. The van der Waals surface area contributed by atoms with E-state index in [1.807, 2.05) is 11.1 Å². The predicted octanol–water partition coefficient (Wildman–Crippen LogP) is -0.406. The van der Waals surface area contributed by atoms with Gasteiger partial charge in [-0.2, -0.15) is 5.21 Å². The van der Waals surface area contributed by atoms with Crippen LogP contribution in [-0.4, -0.2) is 27.2 Å². The molecule has 0 spiro atoms. The summed E-state index contributed by atoms with van der Waals surface area (Å²) in [6.07, 6.45) is 6.26. The van der Waals surface area contributed by atoms with Crippen molar-refractivity contribution in [2.75, 3.05) is 11.6 Å². The summed E-state index contributed by atoms with van der Waals surface area (Å²) in [6.45, 7) is 0.900. The molecule has 2 aliphatic rings. The van der Waals surface area contributed by atoms with Crippen molar-refractivity contribution in [3.05, 3.63) is 23.9 Å². The highest BCUT2D eigenvalue weighted by Crippen LogP contribution is 2.28. The standard InChI is InChI=1S/C7H8N6/c1-2-5-4-8-13(6(5)3-1)7-9-11-12-10-7/h1-3,5,8H,4H2,(H,9,10,11,12). The van der Waals surface area contributed by atoms with Crippen LogP contribution in [0.4, 0.5) is 5.95 Å². The van der Waals surface area contributed by atoms with Crippen molar-refractivity contribution in [1.29, 1.82) is 0 Å². The van der Waals surface area contributed by atoms with E-state index in [0.717, 1.165) is 6.54 Å². The molecule has 0 saturated carbocycles. The summed E-state index contributed by atoms with van der Waals surface area (Å²) >= 11 is 0. The number of hydrazine groups is 1. The van der Waals surface area contributed by atoms with Gasteiger partial charge in [0.05, 0.1) is 0 Å². The molecular formula is C7H8N6. The smallest absolute Gasteiger partial charge is 0.244 e. The third-order valence-electron chi connectivity index (χ3n) is 2.25. The molecule has 1 unspecified atom stereocenters. The summed E-state index contributed by atoms with van der Waals surface area (Å²) < 4.78 is 0. The quantitative estimate of drug-likeness (QED) is 0.609. The molecule has 66 valence electrons. The zero-order valence-electron chi connectivity index (χ0n) is 6.81. The van der Waals surface area contributed by atoms with Gasteiger partial charge in [-0.05, 0) is 11.3 Å². The van der Waals surface area contributed by atoms with Crippen LogP contribution in [0.25, 0.3) is 0 Å². The number of H-pyrrole nitrogens is 1. The van der Waals surface area contributed by atoms with Gasteiger partial charge in [0, 0.05) is 18.2 Å². The molecular weight excluding hydrogens is 168 g/mol. The first-order chi connectivity index (χ1) is 6.45. The van der Waals surface area contributed by atoms with Gasteiger partial charge in [0.15, 0.2) is 0 Å². The third kappa shape index (κ3) is 0.888. The van der Waals surface area contributed by atoms with Crippen molar-refractivity contribution < 1.29 is 0 Å². The number of fused-ring (bicyclic) bond motifs is 1. The number of aromatic amines is 1. The van der Waals surface area contributed by atoms with Crippen LogP contribution in [0.1, 0.15) is 0 Å². The summed E-state index contributed by atoms with van der Waals surface area (Å²) in [6, 6.07) is 0. The van der Waals surface area contributed by atoms with Crippen molar-refractivity contribution in [3.63, 3.8) is 0 Å². The fourth-order valence-electron chi connectivity index (χ4n) is 1.64. The van der Waals surface area contributed by atoms with Crippen LogP contribution >= 0.6 is 0 Å². The van der Waals surface area contributed by atoms with Gasteiger partial charge >= 0.3 is 0 Å². The number of rotatable bonds is 1. The van der Waals surface area contributed by atoms with E-state index in [1.54, 1.807) is 0 Å². The van der Waals surface area contributed by atoms with Gasteiger partial charge in [0.1, 0.15) is 0 Å². The molecule has 6 nitrogen and oxygen atoms in total. The molecule has 0 bridgehead atoms. The van der Waals surface area contributed by atoms with Gasteiger partial charge in [-0.3, -0.25) is 0 Å². The molecule has 2 N–H and O–H groups in total. The first-order valence-corrected chi connectivity index (χ1v) is 4.10. The zero-order chi connectivity index (χ0) is 8.67. The van der Waals surface area contributed by atoms with Crippen LogP contribution in [-0.2, 0) is 0 Å². The maximum absolute atomic E-state index is 3.91. The Hall–Kier alpha value is -1.69. The van der Waals surface area contributed by atoms with Gasteiger partial charge in [0.25, 0.3) is 5.95 Å². The van der Waals surface area contributed by atoms with Crippen LogP contribution in [0.15, 0.2) is 23.9 Å². The molecule has 0 radical (unpaired) electrons. The summed E-state index contributed by atoms with van der Waals surface area (Å²) in [5.41, 5.74) is 4.37. The predicted molar refractivity (Wildman–Crippen MR) is 45.4 cm³/mol. The van der Waals surface area contributed by atoms with Gasteiger partial charge in [-0.25, -0.2) is 10.4 Å². The monoisotopic (exact) mass is 176 g/mol. The molecule has 0 amide bonds. The molecule has 1 aromatic rings. The molecule has 1 aliphatic heterocycles. The summed E-state index contributed by atoms with van der Waals surface area (Å²) in [7, 11) is 0. The van der Waals surface area contributed by atoms with E-state index in [2.05, 4.69) is 38.2 Å². The van der Waals surface area contributed by atoms with E-state index in [-0.39, 0.29) is 0 Å². The third-order valence-corrected chi connectivity index (χ3v) is 2.25. The Bertz CT molecular complexity index is 364. The highest BCUT2D eigenvalue weighted by Gasteiger charge is 2.30. The summed E-state index contributed by atoms with van der Waals surface area (Å²) in [4.78, 5) is 0. The number of tetrazole rings is 1. The molecule has 1 fully saturated rings. The summed E-state index contributed by atoms with van der Waals surface area (Å²) in [5, 5.41) is 15.6. The van der Waals surface area contributed by atoms with E-state index in [1.165, 1.54) is 5.70 Å². The van der Waals surface area contributed by atoms with Crippen molar-refractivity contribution in [2.24, 2.45) is 5.92 Å². The minimum atomic E-state index is 0.457. The highest BCUT2D eigenvalue weighted by atomic mass is 15.6. The topological polar surface area (TPSA) is 69.7 Å². The van der Waals surface area contributed by atoms with Gasteiger partial charge < -0.3 is 0 Å². The fourth-order valence-corrected chi connectivity index (χ4v) is 1.64. The largest absolute Gasteiger partial charge is 0.284 e. The lowest BCUT2D eigenvalue weighted by molar-refractivity contribution is 0.746. The van der Waals surface area contributed by atoms with Crippen LogP contribution in [0.5, 0.6) is 0 Å². The number of anilines is 1. The number of allylic oxidation sites excluding steroid dienone is 2. The molecule has 3 rings (SSSR count). The molecule has 1 aromatic heterocycles. The molecule has 0 aromatic carbocycles. The van der Waals surface area contributed by atoms with Crippen LogP contribution in [0, 0.1) is 5.92 Å². The van der Waals surface area contributed by atoms with Gasteiger partial charge in [-0.15, -0.1) is 5.10 Å². The Morgan fingerprint density at radius 2 is 2.54 bits per heavy atom. The lowest BCUT2D eigenvalue weighted by Crippen LogP contribution is -2.30. The minimum Gasteiger partial charge on any atom is -0.244 e. The van der Waals surface area contributed by atoms with E-state index in [0.29, 0.717) is 11.9 Å². The van der Waals surface area contributed by atoms with E-state index < -0.39 is 0 Å². The number of nitrogens with one attached hydrogen (secondary N) is 2. The number of hydrogen-bond donors (Lipinski definition) is 2. The van der Waals surface area contributed by atoms with E-state index in [9.17, 15) is 0 Å². The maximum atomic E-state index is 3.91. The van der Waals surface area contributed by atoms with Crippen molar-refractivity contribution in [3.8, 4) is 0 Å². The molecule has 6 heteroatoms. The lowest BCUT2D eigenvalue weighted by atomic mass is 10.1.